The third kappa shape index (κ3) is 3.84. The van der Waals surface area contributed by atoms with Crippen LogP contribution in [-0.2, 0) is 10.0 Å². The van der Waals surface area contributed by atoms with Gasteiger partial charge in [-0.05, 0) is 49.4 Å². The molecule has 0 aliphatic rings. The lowest BCUT2D eigenvalue weighted by molar-refractivity contribution is 0.511. The van der Waals surface area contributed by atoms with Crippen molar-refractivity contribution in [3.63, 3.8) is 0 Å². The molecule has 3 rings (SSSR count). The quantitative estimate of drug-likeness (QED) is 0.718. The van der Waals surface area contributed by atoms with E-state index < -0.39 is 10.0 Å². The third-order valence-electron chi connectivity index (χ3n) is 4.06. The summed E-state index contributed by atoms with van der Waals surface area (Å²) >= 11 is 1.59. The molecule has 0 amide bonds. The zero-order chi connectivity index (χ0) is 18.0. The molecule has 2 heterocycles. The van der Waals surface area contributed by atoms with E-state index in [0.29, 0.717) is 4.90 Å². The largest absolute Gasteiger partial charge is 0.263 e. The summed E-state index contributed by atoms with van der Waals surface area (Å²) in [4.78, 5) is 1.42. The normalized spacial score (nSPS) is 13.1. The standard InChI is InChI=1S/C18H21N3O2S2/c1-13-10-14(2)18(15(3)11-13)25(22,23)20-12-16(17-6-4-9-24-17)21-8-5-7-19-21/h4-11,16,20H,12H2,1-3H3. The number of aryl methyl sites for hydroxylation is 3. The number of hydrogen-bond donors (Lipinski definition) is 1. The fourth-order valence-corrected chi connectivity index (χ4v) is 5.43. The van der Waals surface area contributed by atoms with Crippen LogP contribution in [0.4, 0.5) is 0 Å². The Morgan fingerprint density at radius 3 is 2.48 bits per heavy atom. The lowest BCUT2D eigenvalue weighted by Crippen LogP contribution is -2.32. The molecule has 3 aromatic rings. The van der Waals surface area contributed by atoms with Crippen LogP contribution in [0.25, 0.3) is 0 Å². The number of nitrogens with zero attached hydrogens (tertiary/aromatic N) is 2. The second kappa shape index (κ2) is 7.11. The summed E-state index contributed by atoms with van der Waals surface area (Å²) in [6.45, 7) is 5.88. The number of benzene rings is 1. The zero-order valence-corrected chi connectivity index (χ0v) is 16.1. The maximum atomic E-state index is 12.9. The fourth-order valence-electron chi connectivity index (χ4n) is 3.12. The molecule has 0 saturated carbocycles. The van der Waals surface area contributed by atoms with E-state index in [9.17, 15) is 8.42 Å². The van der Waals surface area contributed by atoms with Gasteiger partial charge in [-0.15, -0.1) is 11.3 Å². The van der Waals surface area contributed by atoms with Crippen molar-refractivity contribution in [1.29, 1.82) is 0 Å². The van der Waals surface area contributed by atoms with E-state index in [1.165, 1.54) is 0 Å². The molecule has 0 saturated heterocycles. The monoisotopic (exact) mass is 375 g/mol. The second-order valence-corrected chi connectivity index (χ2v) is 8.78. The number of nitrogens with one attached hydrogen (secondary N) is 1. The predicted molar refractivity (Wildman–Crippen MR) is 101 cm³/mol. The Balaban J connectivity index is 1.88. The number of hydrogen-bond acceptors (Lipinski definition) is 4. The van der Waals surface area contributed by atoms with Crippen LogP contribution < -0.4 is 4.72 Å². The Kier molecular flexibility index (Phi) is 5.08. The van der Waals surface area contributed by atoms with Crippen molar-refractivity contribution in [2.45, 2.75) is 31.7 Å². The third-order valence-corrected chi connectivity index (χ3v) is 6.76. The Labute approximate surface area is 152 Å². The molecule has 1 atom stereocenters. The summed E-state index contributed by atoms with van der Waals surface area (Å²) in [5, 5.41) is 6.26. The highest BCUT2D eigenvalue weighted by Gasteiger charge is 2.23. The van der Waals surface area contributed by atoms with Gasteiger partial charge in [-0.2, -0.15) is 5.10 Å². The molecule has 7 heteroatoms. The van der Waals surface area contributed by atoms with Crippen molar-refractivity contribution in [1.82, 2.24) is 14.5 Å². The molecule has 25 heavy (non-hydrogen) atoms. The van der Waals surface area contributed by atoms with Gasteiger partial charge < -0.3 is 0 Å². The Morgan fingerprint density at radius 2 is 1.92 bits per heavy atom. The number of sulfonamides is 1. The molecular weight excluding hydrogens is 354 g/mol. The molecule has 5 nitrogen and oxygen atoms in total. The van der Waals surface area contributed by atoms with E-state index >= 15 is 0 Å². The van der Waals surface area contributed by atoms with Crippen molar-refractivity contribution in [2.24, 2.45) is 0 Å². The maximum Gasteiger partial charge on any atom is 0.241 e. The highest BCUT2D eigenvalue weighted by molar-refractivity contribution is 7.89. The summed E-state index contributed by atoms with van der Waals surface area (Å²) in [6.07, 6.45) is 3.55. The molecule has 0 aliphatic heterocycles. The van der Waals surface area contributed by atoms with Gasteiger partial charge in [-0.3, -0.25) is 4.68 Å². The molecule has 0 fully saturated rings. The lowest BCUT2D eigenvalue weighted by Gasteiger charge is -2.19. The summed E-state index contributed by atoms with van der Waals surface area (Å²) in [5.41, 5.74) is 2.58. The van der Waals surface area contributed by atoms with Crippen molar-refractivity contribution in [2.75, 3.05) is 6.54 Å². The molecule has 132 valence electrons. The minimum absolute atomic E-state index is 0.171. The van der Waals surface area contributed by atoms with Crippen molar-refractivity contribution < 1.29 is 8.42 Å². The highest BCUT2D eigenvalue weighted by Crippen LogP contribution is 2.25. The van der Waals surface area contributed by atoms with E-state index in [1.54, 1.807) is 22.2 Å². The van der Waals surface area contributed by atoms with Gasteiger partial charge in [-0.1, -0.05) is 23.8 Å². The molecule has 1 aromatic carbocycles. The second-order valence-electron chi connectivity index (χ2n) is 6.10. The zero-order valence-electron chi connectivity index (χ0n) is 14.4. The van der Waals surface area contributed by atoms with Crippen molar-refractivity contribution >= 4 is 21.4 Å². The van der Waals surface area contributed by atoms with Gasteiger partial charge in [-0.25, -0.2) is 13.1 Å². The van der Waals surface area contributed by atoms with E-state index in [1.807, 2.05) is 62.7 Å². The van der Waals surface area contributed by atoms with E-state index in [4.69, 9.17) is 0 Å². The van der Waals surface area contributed by atoms with Gasteiger partial charge in [0.15, 0.2) is 0 Å². The van der Waals surface area contributed by atoms with Gasteiger partial charge in [0, 0.05) is 23.8 Å². The van der Waals surface area contributed by atoms with Gasteiger partial charge in [0.1, 0.15) is 0 Å². The van der Waals surface area contributed by atoms with Crippen LogP contribution in [0.5, 0.6) is 0 Å². The van der Waals surface area contributed by atoms with Crippen LogP contribution in [0.3, 0.4) is 0 Å². The average Bonchev–Trinajstić information content (AvgIpc) is 3.19. The van der Waals surface area contributed by atoms with Gasteiger partial charge >= 0.3 is 0 Å². The molecule has 0 spiro atoms. The first-order valence-electron chi connectivity index (χ1n) is 7.98. The number of rotatable bonds is 6. The van der Waals surface area contributed by atoms with E-state index in [-0.39, 0.29) is 12.6 Å². The van der Waals surface area contributed by atoms with Crippen LogP contribution in [0.15, 0.2) is 53.0 Å². The van der Waals surface area contributed by atoms with Gasteiger partial charge in [0.2, 0.25) is 10.0 Å². The molecule has 1 unspecified atom stereocenters. The Bertz CT molecular complexity index is 889. The molecule has 2 aromatic heterocycles. The maximum absolute atomic E-state index is 12.9. The van der Waals surface area contributed by atoms with Crippen molar-refractivity contribution in [3.05, 3.63) is 69.7 Å². The van der Waals surface area contributed by atoms with Crippen LogP contribution in [-0.4, -0.2) is 24.7 Å². The summed E-state index contributed by atoms with van der Waals surface area (Å²) in [7, 11) is -3.60. The molecule has 0 radical (unpaired) electrons. The van der Waals surface area contributed by atoms with Crippen LogP contribution in [0.1, 0.15) is 27.6 Å². The van der Waals surface area contributed by atoms with E-state index in [2.05, 4.69) is 9.82 Å². The summed E-state index contributed by atoms with van der Waals surface area (Å²) in [5.74, 6) is 0. The first-order chi connectivity index (χ1) is 11.9. The molecule has 1 N–H and O–H groups in total. The van der Waals surface area contributed by atoms with Crippen LogP contribution >= 0.6 is 11.3 Å². The topological polar surface area (TPSA) is 64.0 Å². The molecular formula is C18H21N3O2S2. The number of aromatic nitrogens is 2. The van der Waals surface area contributed by atoms with Crippen molar-refractivity contribution in [3.8, 4) is 0 Å². The predicted octanol–water partition coefficient (Wildman–Crippen LogP) is 3.44. The minimum atomic E-state index is -3.60. The average molecular weight is 376 g/mol. The fraction of sp³-hybridized carbons (Fsp3) is 0.278. The van der Waals surface area contributed by atoms with Crippen LogP contribution in [0.2, 0.25) is 0 Å². The Hall–Kier alpha value is -1.96. The van der Waals surface area contributed by atoms with Gasteiger partial charge in [0.25, 0.3) is 0 Å². The smallest absolute Gasteiger partial charge is 0.241 e. The van der Waals surface area contributed by atoms with E-state index in [0.717, 1.165) is 21.6 Å². The molecule has 0 bridgehead atoms. The minimum Gasteiger partial charge on any atom is -0.263 e. The van der Waals surface area contributed by atoms with Gasteiger partial charge in [0.05, 0.1) is 10.9 Å². The lowest BCUT2D eigenvalue weighted by atomic mass is 10.1. The Morgan fingerprint density at radius 1 is 1.20 bits per heavy atom. The number of thiophene rings is 1. The highest BCUT2D eigenvalue weighted by atomic mass is 32.2. The first kappa shape index (κ1) is 17.8. The summed E-state index contributed by atoms with van der Waals surface area (Å²) < 4.78 is 30.3. The summed E-state index contributed by atoms with van der Waals surface area (Å²) in [6, 6.07) is 9.41. The molecule has 0 aliphatic carbocycles. The van der Waals surface area contributed by atoms with Crippen LogP contribution in [0, 0.1) is 20.8 Å². The SMILES string of the molecule is Cc1cc(C)c(S(=O)(=O)NCC(c2cccs2)n2cccn2)c(C)c1. The first-order valence-corrected chi connectivity index (χ1v) is 10.3.